The average molecular weight is 143 g/mol. The van der Waals surface area contributed by atoms with Gasteiger partial charge in [0.15, 0.2) is 0 Å². The van der Waals surface area contributed by atoms with E-state index in [2.05, 4.69) is 18.7 Å². The van der Waals surface area contributed by atoms with E-state index in [9.17, 15) is 5.11 Å². The van der Waals surface area contributed by atoms with Crippen molar-refractivity contribution in [2.75, 3.05) is 13.1 Å². The molecule has 1 heterocycles. The molecule has 10 heavy (non-hydrogen) atoms. The second kappa shape index (κ2) is 3.35. The van der Waals surface area contributed by atoms with E-state index in [4.69, 9.17) is 0 Å². The molecule has 1 aliphatic heterocycles. The molecule has 0 bridgehead atoms. The number of aliphatic hydroxyl groups excluding tert-OH is 1. The molecular weight excluding hydrogens is 126 g/mol. The minimum Gasteiger partial charge on any atom is -0.392 e. The summed E-state index contributed by atoms with van der Waals surface area (Å²) in [6.45, 7) is 6.39. The third-order valence-electron chi connectivity index (χ3n) is 2.19. The normalized spacial score (nSPS) is 35.1. The first-order chi connectivity index (χ1) is 4.74. The molecule has 1 rings (SSSR count). The summed E-state index contributed by atoms with van der Waals surface area (Å²) in [6, 6.07) is 0.593. The Bertz CT molecular complexity index is 105. The molecule has 0 aromatic carbocycles. The van der Waals surface area contributed by atoms with E-state index < -0.39 is 0 Å². The molecule has 2 heteroatoms. The van der Waals surface area contributed by atoms with E-state index in [1.165, 1.54) is 6.42 Å². The lowest BCUT2D eigenvalue weighted by Gasteiger charge is -2.18. The van der Waals surface area contributed by atoms with Crippen LogP contribution in [0.15, 0.2) is 0 Å². The van der Waals surface area contributed by atoms with Gasteiger partial charge >= 0.3 is 0 Å². The van der Waals surface area contributed by atoms with Crippen molar-refractivity contribution >= 4 is 0 Å². The Labute approximate surface area is 62.8 Å². The quantitative estimate of drug-likeness (QED) is 0.619. The van der Waals surface area contributed by atoms with Crippen LogP contribution in [-0.2, 0) is 0 Å². The lowest BCUT2D eigenvalue weighted by atomic mass is 10.2. The SMILES string of the molecule is CCCN1C[C@@H](O)C[C@@H]1C. The molecule has 0 aliphatic carbocycles. The molecule has 2 atom stereocenters. The Morgan fingerprint density at radius 3 is 2.70 bits per heavy atom. The van der Waals surface area contributed by atoms with Gasteiger partial charge in [0.05, 0.1) is 6.10 Å². The van der Waals surface area contributed by atoms with Crippen molar-refractivity contribution in [1.82, 2.24) is 4.90 Å². The van der Waals surface area contributed by atoms with Crippen LogP contribution in [0.3, 0.4) is 0 Å². The summed E-state index contributed by atoms with van der Waals surface area (Å²) in [4.78, 5) is 2.35. The summed E-state index contributed by atoms with van der Waals surface area (Å²) in [6.07, 6.45) is 2.08. The van der Waals surface area contributed by atoms with Gasteiger partial charge in [0, 0.05) is 12.6 Å². The van der Waals surface area contributed by atoms with Gasteiger partial charge in [-0.1, -0.05) is 6.92 Å². The predicted molar refractivity (Wildman–Crippen MR) is 41.9 cm³/mol. The zero-order valence-electron chi connectivity index (χ0n) is 6.88. The number of hydrogen-bond acceptors (Lipinski definition) is 2. The van der Waals surface area contributed by atoms with Crippen molar-refractivity contribution in [3.8, 4) is 0 Å². The van der Waals surface area contributed by atoms with E-state index in [0.29, 0.717) is 6.04 Å². The van der Waals surface area contributed by atoms with Crippen LogP contribution in [0, 0.1) is 0 Å². The molecule has 0 aromatic heterocycles. The zero-order valence-corrected chi connectivity index (χ0v) is 6.88. The van der Waals surface area contributed by atoms with Crippen molar-refractivity contribution in [2.45, 2.75) is 38.8 Å². The fraction of sp³-hybridized carbons (Fsp3) is 1.00. The fourth-order valence-corrected chi connectivity index (χ4v) is 1.67. The van der Waals surface area contributed by atoms with Gasteiger partial charge < -0.3 is 5.11 Å². The molecule has 0 saturated carbocycles. The summed E-state index contributed by atoms with van der Waals surface area (Å²) in [5.41, 5.74) is 0. The van der Waals surface area contributed by atoms with Crippen molar-refractivity contribution < 1.29 is 5.11 Å². The van der Waals surface area contributed by atoms with Gasteiger partial charge in [0.1, 0.15) is 0 Å². The first-order valence-electron chi connectivity index (χ1n) is 4.16. The molecule has 60 valence electrons. The van der Waals surface area contributed by atoms with Crippen LogP contribution in [0.5, 0.6) is 0 Å². The molecule has 2 nitrogen and oxygen atoms in total. The summed E-state index contributed by atoms with van der Waals surface area (Å²) < 4.78 is 0. The zero-order chi connectivity index (χ0) is 7.56. The van der Waals surface area contributed by atoms with Crippen molar-refractivity contribution in [1.29, 1.82) is 0 Å². The fourth-order valence-electron chi connectivity index (χ4n) is 1.67. The van der Waals surface area contributed by atoms with Gasteiger partial charge in [-0.25, -0.2) is 0 Å². The van der Waals surface area contributed by atoms with Gasteiger partial charge in [-0.15, -0.1) is 0 Å². The van der Waals surface area contributed by atoms with E-state index in [1.807, 2.05) is 0 Å². The summed E-state index contributed by atoms with van der Waals surface area (Å²) in [7, 11) is 0. The van der Waals surface area contributed by atoms with Crippen molar-refractivity contribution in [3.05, 3.63) is 0 Å². The standard InChI is InChI=1S/C8H17NO/c1-3-4-9-6-8(10)5-7(9)2/h7-8,10H,3-6H2,1-2H3/t7-,8-/m0/s1. The third kappa shape index (κ3) is 1.70. The van der Waals surface area contributed by atoms with Crippen LogP contribution in [0.25, 0.3) is 0 Å². The number of rotatable bonds is 2. The third-order valence-corrected chi connectivity index (χ3v) is 2.19. The summed E-state index contributed by atoms with van der Waals surface area (Å²) in [5.74, 6) is 0. The maximum absolute atomic E-state index is 9.25. The predicted octanol–water partition coefficient (Wildman–Crippen LogP) is 0.852. The Kier molecular flexibility index (Phi) is 2.69. The van der Waals surface area contributed by atoms with Crippen LogP contribution in [0.4, 0.5) is 0 Å². The van der Waals surface area contributed by atoms with Crippen molar-refractivity contribution in [2.24, 2.45) is 0 Å². The second-order valence-corrected chi connectivity index (χ2v) is 3.23. The van der Waals surface area contributed by atoms with Gasteiger partial charge in [0.25, 0.3) is 0 Å². The number of likely N-dealkylation sites (tertiary alicyclic amines) is 1. The second-order valence-electron chi connectivity index (χ2n) is 3.23. The monoisotopic (exact) mass is 143 g/mol. The number of nitrogens with zero attached hydrogens (tertiary/aromatic N) is 1. The molecular formula is C8H17NO. The molecule has 1 fully saturated rings. The minimum absolute atomic E-state index is 0.0680. The first kappa shape index (κ1) is 8.02. The molecule has 0 aromatic rings. The highest BCUT2D eigenvalue weighted by molar-refractivity contribution is 4.81. The molecule has 0 amide bonds. The molecule has 0 spiro atoms. The number of β-amino-alcohol motifs (C(OH)–C–C–N with tert-alkyl or cyclic N) is 1. The van der Waals surface area contributed by atoms with Gasteiger partial charge in [-0.05, 0) is 26.3 Å². The van der Waals surface area contributed by atoms with Gasteiger partial charge in [-0.3, -0.25) is 4.90 Å². The maximum Gasteiger partial charge on any atom is 0.0682 e. The number of aliphatic hydroxyl groups is 1. The highest BCUT2D eigenvalue weighted by Crippen LogP contribution is 2.16. The summed E-state index contributed by atoms with van der Waals surface area (Å²) in [5, 5.41) is 9.25. The van der Waals surface area contributed by atoms with Crippen LogP contribution in [-0.4, -0.2) is 35.2 Å². The van der Waals surface area contributed by atoms with E-state index >= 15 is 0 Å². The van der Waals surface area contributed by atoms with Crippen LogP contribution in [0.2, 0.25) is 0 Å². The van der Waals surface area contributed by atoms with Crippen LogP contribution in [0.1, 0.15) is 26.7 Å². The van der Waals surface area contributed by atoms with E-state index in [0.717, 1.165) is 19.5 Å². The van der Waals surface area contributed by atoms with Crippen LogP contribution < -0.4 is 0 Å². The molecule has 0 radical (unpaired) electrons. The van der Waals surface area contributed by atoms with Crippen LogP contribution >= 0.6 is 0 Å². The topological polar surface area (TPSA) is 23.5 Å². The highest BCUT2D eigenvalue weighted by atomic mass is 16.3. The molecule has 0 unspecified atom stereocenters. The largest absolute Gasteiger partial charge is 0.392 e. The van der Waals surface area contributed by atoms with Gasteiger partial charge in [-0.2, -0.15) is 0 Å². The smallest absolute Gasteiger partial charge is 0.0682 e. The lowest BCUT2D eigenvalue weighted by Crippen LogP contribution is -2.28. The Morgan fingerprint density at radius 1 is 1.60 bits per heavy atom. The van der Waals surface area contributed by atoms with E-state index in [1.54, 1.807) is 0 Å². The Morgan fingerprint density at radius 2 is 2.30 bits per heavy atom. The molecule has 1 aliphatic rings. The minimum atomic E-state index is -0.0680. The Balaban J connectivity index is 2.31. The highest BCUT2D eigenvalue weighted by Gasteiger charge is 2.25. The van der Waals surface area contributed by atoms with Gasteiger partial charge in [0.2, 0.25) is 0 Å². The first-order valence-corrected chi connectivity index (χ1v) is 4.16. The van der Waals surface area contributed by atoms with Crippen molar-refractivity contribution in [3.63, 3.8) is 0 Å². The summed E-state index contributed by atoms with van der Waals surface area (Å²) >= 11 is 0. The maximum atomic E-state index is 9.25. The van der Waals surface area contributed by atoms with E-state index in [-0.39, 0.29) is 6.10 Å². The lowest BCUT2D eigenvalue weighted by molar-refractivity contribution is 0.175. The average Bonchev–Trinajstić information content (AvgIpc) is 2.13. The number of hydrogen-bond donors (Lipinski definition) is 1. The molecule has 1 saturated heterocycles. The Hall–Kier alpha value is -0.0800. The molecule has 1 N–H and O–H groups in total.